The van der Waals surface area contributed by atoms with E-state index < -0.39 is 0 Å². The fraction of sp³-hybridized carbons (Fsp3) is 0.0588. The Morgan fingerprint density at radius 3 is 2.55 bits per heavy atom. The quantitative estimate of drug-likeness (QED) is 0.573. The van der Waals surface area contributed by atoms with Crippen molar-refractivity contribution in [1.29, 1.82) is 0 Å². The van der Waals surface area contributed by atoms with Crippen LogP contribution in [0.25, 0.3) is 10.9 Å². The van der Waals surface area contributed by atoms with Crippen LogP contribution in [0.3, 0.4) is 0 Å². The lowest BCUT2D eigenvalue weighted by atomic mass is 9.99. The molecule has 1 aromatic heterocycles. The highest BCUT2D eigenvalue weighted by molar-refractivity contribution is 6.14. The van der Waals surface area contributed by atoms with Crippen molar-refractivity contribution in [2.75, 3.05) is 7.11 Å². The van der Waals surface area contributed by atoms with E-state index in [1.807, 2.05) is 0 Å². The molecule has 22 heavy (non-hydrogen) atoms. The van der Waals surface area contributed by atoms with Crippen LogP contribution >= 0.6 is 0 Å². The lowest BCUT2D eigenvalue weighted by molar-refractivity contribution is 0.103. The van der Waals surface area contributed by atoms with E-state index in [0.717, 1.165) is 0 Å². The fourth-order valence-corrected chi connectivity index (χ4v) is 2.29. The zero-order chi connectivity index (χ0) is 15.7. The summed E-state index contributed by atoms with van der Waals surface area (Å²) in [6, 6.07) is 11.0. The second kappa shape index (κ2) is 5.37. The maximum Gasteiger partial charge on any atom is 0.196 e. The number of phenolic OH excluding ortho intramolecular Hbond substituents is 2. The fourth-order valence-electron chi connectivity index (χ4n) is 2.29. The van der Waals surface area contributed by atoms with E-state index in [1.54, 1.807) is 36.4 Å². The largest absolute Gasteiger partial charge is 0.506 e. The highest BCUT2D eigenvalue weighted by atomic mass is 16.5. The number of aromatic nitrogens is 1. The predicted octanol–water partition coefficient (Wildman–Crippen LogP) is 2.89. The third-order valence-corrected chi connectivity index (χ3v) is 3.44. The summed E-state index contributed by atoms with van der Waals surface area (Å²) in [6.07, 6.45) is 1.51. The molecule has 0 aliphatic rings. The predicted molar refractivity (Wildman–Crippen MR) is 81.5 cm³/mol. The number of nitrogens with zero attached hydrogens (tertiary/aromatic N) is 1. The Balaban J connectivity index is 2.12. The van der Waals surface area contributed by atoms with Gasteiger partial charge in [-0.05, 0) is 42.5 Å². The molecular formula is C17H13NO4. The number of hydrogen-bond acceptors (Lipinski definition) is 5. The molecule has 2 N–H and O–H groups in total. The van der Waals surface area contributed by atoms with Crippen molar-refractivity contribution in [3.63, 3.8) is 0 Å². The molecular weight excluding hydrogens is 282 g/mol. The van der Waals surface area contributed by atoms with Crippen LogP contribution in [-0.4, -0.2) is 28.1 Å². The van der Waals surface area contributed by atoms with Gasteiger partial charge in [0.15, 0.2) is 5.78 Å². The van der Waals surface area contributed by atoms with E-state index in [2.05, 4.69) is 4.98 Å². The van der Waals surface area contributed by atoms with E-state index in [-0.39, 0.29) is 28.4 Å². The number of pyridine rings is 1. The van der Waals surface area contributed by atoms with Crippen molar-refractivity contribution in [1.82, 2.24) is 4.98 Å². The van der Waals surface area contributed by atoms with Gasteiger partial charge in [-0.3, -0.25) is 9.78 Å². The minimum atomic E-state index is -0.388. The van der Waals surface area contributed by atoms with E-state index in [1.165, 1.54) is 19.4 Å². The maximum atomic E-state index is 12.5. The number of carbonyl (C=O) groups excluding carboxylic acids is 1. The number of ether oxygens (including phenoxy) is 1. The third-order valence-electron chi connectivity index (χ3n) is 3.44. The summed E-state index contributed by atoms with van der Waals surface area (Å²) in [5.74, 6) is -0.0977. The van der Waals surface area contributed by atoms with Crippen LogP contribution in [0.4, 0.5) is 0 Å². The number of rotatable bonds is 3. The number of benzene rings is 2. The molecule has 0 aliphatic carbocycles. The molecule has 0 amide bonds. The lowest BCUT2D eigenvalue weighted by Crippen LogP contribution is -2.02. The molecule has 1 heterocycles. The smallest absolute Gasteiger partial charge is 0.196 e. The number of phenols is 2. The Labute approximate surface area is 126 Å². The molecule has 0 bridgehead atoms. The van der Waals surface area contributed by atoms with Crippen LogP contribution < -0.4 is 4.74 Å². The highest BCUT2D eigenvalue weighted by Gasteiger charge is 2.18. The van der Waals surface area contributed by atoms with Gasteiger partial charge in [-0.1, -0.05) is 0 Å². The molecule has 0 radical (unpaired) electrons. The third kappa shape index (κ3) is 2.22. The van der Waals surface area contributed by atoms with Gasteiger partial charge in [-0.25, -0.2) is 0 Å². The zero-order valence-electron chi connectivity index (χ0n) is 11.8. The first-order valence-electron chi connectivity index (χ1n) is 6.60. The average molecular weight is 295 g/mol. The Kier molecular flexibility index (Phi) is 3.39. The van der Waals surface area contributed by atoms with E-state index in [0.29, 0.717) is 16.7 Å². The van der Waals surface area contributed by atoms with Crippen molar-refractivity contribution in [3.05, 3.63) is 59.8 Å². The number of hydrogen-bond donors (Lipinski definition) is 2. The first kappa shape index (κ1) is 13.9. The summed E-state index contributed by atoms with van der Waals surface area (Å²) < 4.78 is 5.05. The number of ketones is 1. The van der Waals surface area contributed by atoms with Crippen molar-refractivity contribution < 1.29 is 19.7 Å². The minimum absolute atomic E-state index is 0.0307. The molecule has 0 atom stereocenters. The van der Waals surface area contributed by atoms with Crippen molar-refractivity contribution in [3.8, 4) is 17.2 Å². The molecule has 0 fully saturated rings. The van der Waals surface area contributed by atoms with Crippen LogP contribution in [-0.2, 0) is 0 Å². The van der Waals surface area contributed by atoms with E-state index >= 15 is 0 Å². The molecule has 110 valence electrons. The van der Waals surface area contributed by atoms with Crippen LogP contribution in [0, 0.1) is 0 Å². The standard InChI is InChI=1S/C17H13NO4/c1-22-11-6-4-10(5-7-11)16(20)13-9-14(19)15-12(17(13)21)3-2-8-18-15/h2-9,19,21H,1H3. The van der Waals surface area contributed by atoms with Gasteiger partial charge in [0.05, 0.1) is 12.7 Å². The number of carbonyl (C=O) groups is 1. The van der Waals surface area contributed by atoms with Gasteiger partial charge in [-0.15, -0.1) is 0 Å². The molecule has 3 rings (SSSR count). The summed E-state index contributed by atoms with van der Waals surface area (Å²) >= 11 is 0. The minimum Gasteiger partial charge on any atom is -0.506 e. The number of fused-ring (bicyclic) bond motifs is 1. The van der Waals surface area contributed by atoms with Gasteiger partial charge in [0.2, 0.25) is 0 Å². The summed E-state index contributed by atoms with van der Waals surface area (Å²) in [5, 5.41) is 20.7. The Morgan fingerprint density at radius 1 is 1.14 bits per heavy atom. The van der Waals surface area contributed by atoms with E-state index in [4.69, 9.17) is 4.74 Å². The molecule has 5 nitrogen and oxygen atoms in total. The highest BCUT2D eigenvalue weighted by Crippen LogP contribution is 2.35. The summed E-state index contributed by atoms with van der Waals surface area (Å²) in [7, 11) is 1.54. The van der Waals surface area contributed by atoms with Crippen LogP contribution in [0.15, 0.2) is 48.7 Å². The van der Waals surface area contributed by atoms with Gasteiger partial charge in [0.1, 0.15) is 22.8 Å². The molecule has 0 unspecified atom stereocenters. The SMILES string of the molecule is COc1ccc(C(=O)c2cc(O)c3ncccc3c2O)cc1. The maximum absolute atomic E-state index is 12.5. The van der Waals surface area contributed by atoms with Gasteiger partial charge >= 0.3 is 0 Å². The van der Waals surface area contributed by atoms with Gasteiger partial charge in [-0.2, -0.15) is 0 Å². The Bertz CT molecular complexity index is 856. The van der Waals surface area contributed by atoms with Crippen LogP contribution in [0.2, 0.25) is 0 Å². The number of aromatic hydroxyl groups is 2. The Morgan fingerprint density at radius 2 is 1.86 bits per heavy atom. The van der Waals surface area contributed by atoms with Gasteiger partial charge < -0.3 is 14.9 Å². The normalized spacial score (nSPS) is 10.6. The van der Waals surface area contributed by atoms with Crippen molar-refractivity contribution in [2.24, 2.45) is 0 Å². The molecule has 0 spiro atoms. The first-order valence-corrected chi connectivity index (χ1v) is 6.60. The topological polar surface area (TPSA) is 79.7 Å². The Hall–Kier alpha value is -3.08. The molecule has 2 aromatic carbocycles. The molecule has 0 aliphatic heterocycles. The molecule has 3 aromatic rings. The van der Waals surface area contributed by atoms with Crippen molar-refractivity contribution in [2.45, 2.75) is 0 Å². The summed E-state index contributed by atoms with van der Waals surface area (Å²) in [4.78, 5) is 16.5. The second-order valence-electron chi connectivity index (χ2n) is 4.75. The zero-order valence-corrected chi connectivity index (χ0v) is 11.8. The lowest BCUT2D eigenvalue weighted by Gasteiger charge is -2.09. The molecule has 0 saturated heterocycles. The van der Waals surface area contributed by atoms with E-state index in [9.17, 15) is 15.0 Å². The average Bonchev–Trinajstić information content (AvgIpc) is 2.57. The first-order chi connectivity index (χ1) is 10.6. The summed E-state index contributed by atoms with van der Waals surface area (Å²) in [6.45, 7) is 0. The number of methoxy groups -OCH3 is 1. The van der Waals surface area contributed by atoms with Gasteiger partial charge in [0, 0.05) is 17.1 Å². The van der Waals surface area contributed by atoms with Crippen LogP contribution in [0.5, 0.6) is 17.2 Å². The van der Waals surface area contributed by atoms with Gasteiger partial charge in [0.25, 0.3) is 0 Å². The summed E-state index contributed by atoms with van der Waals surface area (Å²) in [5.41, 5.74) is 0.674. The molecule has 5 heteroatoms. The monoisotopic (exact) mass is 295 g/mol. The van der Waals surface area contributed by atoms with Crippen molar-refractivity contribution >= 4 is 16.7 Å². The van der Waals surface area contributed by atoms with Crippen LogP contribution in [0.1, 0.15) is 15.9 Å². The second-order valence-corrected chi connectivity index (χ2v) is 4.75. The molecule has 0 saturated carbocycles.